The summed E-state index contributed by atoms with van der Waals surface area (Å²) in [5.41, 5.74) is 5.21. The first-order valence-electron chi connectivity index (χ1n) is 8.56. The fraction of sp³-hybridized carbons (Fsp3) is 0.824. The van der Waals surface area contributed by atoms with Crippen LogP contribution in [-0.4, -0.2) is 49.9 Å². The molecule has 3 atom stereocenters. The smallest absolute Gasteiger partial charge is 0.404 e. The maximum Gasteiger partial charge on any atom is 0.404 e. The standard InChI is InChI=1S/C17H30N2O3/c1-2-10-21-13-14-6-5-9-19(11-14)12-15-7-3-4-8-16(15)22-17(18)20/h2,14-16H,1,3-13H2,(H2,18,20)/t14-,15-,16+/m1/s1. The van der Waals surface area contributed by atoms with Gasteiger partial charge in [0, 0.05) is 19.0 Å². The summed E-state index contributed by atoms with van der Waals surface area (Å²) in [6.07, 6.45) is 8.06. The lowest BCUT2D eigenvalue weighted by molar-refractivity contribution is 0.0132. The van der Waals surface area contributed by atoms with Crippen LogP contribution in [-0.2, 0) is 9.47 Å². The normalized spacial score (nSPS) is 29.9. The zero-order chi connectivity index (χ0) is 15.8. The van der Waals surface area contributed by atoms with Crippen LogP contribution in [0, 0.1) is 11.8 Å². The molecule has 0 aromatic rings. The minimum atomic E-state index is -0.633. The van der Waals surface area contributed by atoms with Gasteiger partial charge in [-0.1, -0.05) is 12.5 Å². The number of carbonyl (C=O) groups excluding carboxylic acids is 1. The predicted molar refractivity (Wildman–Crippen MR) is 86.6 cm³/mol. The molecule has 2 fully saturated rings. The summed E-state index contributed by atoms with van der Waals surface area (Å²) in [4.78, 5) is 13.6. The van der Waals surface area contributed by atoms with E-state index in [9.17, 15) is 4.79 Å². The van der Waals surface area contributed by atoms with Gasteiger partial charge in [0.25, 0.3) is 0 Å². The van der Waals surface area contributed by atoms with Gasteiger partial charge in [-0.2, -0.15) is 0 Å². The van der Waals surface area contributed by atoms with Gasteiger partial charge in [0.15, 0.2) is 0 Å². The lowest BCUT2D eigenvalue weighted by atomic mass is 9.85. The van der Waals surface area contributed by atoms with Crippen molar-refractivity contribution in [1.29, 1.82) is 0 Å². The maximum atomic E-state index is 11.1. The second-order valence-corrected chi connectivity index (χ2v) is 6.61. The molecule has 1 saturated heterocycles. The van der Waals surface area contributed by atoms with Crippen LogP contribution in [0.2, 0.25) is 0 Å². The Balaban J connectivity index is 1.79. The Hall–Kier alpha value is -1.07. The van der Waals surface area contributed by atoms with Gasteiger partial charge >= 0.3 is 6.09 Å². The number of rotatable bonds is 7. The summed E-state index contributed by atoms with van der Waals surface area (Å²) < 4.78 is 10.9. The van der Waals surface area contributed by atoms with E-state index in [0.29, 0.717) is 18.4 Å². The van der Waals surface area contributed by atoms with Crippen molar-refractivity contribution in [3.8, 4) is 0 Å². The van der Waals surface area contributed by atoms with Crippen molar-refractivity contribution in [3.05, 3.63) is 12.7 Å². The molecule has 2 aliphatic rings. The third-order valence-corrected chi connectivity index (χ3v) is 4.79. The lowest BCUT2D eigenvalue weighted by Gasteiger charge is -2.38. The number of hydrogen-bond donors (Lipinski definition) is 1. The van der Waals surface area contributed by atoms with Gasteiger partial charge in [-0.15, -0.1) is 6.58 Å². The van der Waals surface area contributed by atoms with E-state index in [1.807, 2.05) is 0 Å². The summed E-state index contributed by atoms with van der Waals surface area (Å²) >= 11 is 0. The van der Waals surface area contributed by atoms with Gasteiger partial charge in [0.2, 0.25) is 0 Å². The summed E-state index contributed by atoms with van der Waals surface area (Å²) in [5, 5.41) is 0. The highest BCUT2D eigenvalue weighted by Crippen LogP contribution is 2.29. The molecule has 0 bridgehead atoms. The minimum Gasteiger partial charge on any atom is -0.446 e. The van der Waals surface area contributed by atoms with Crippen molar-refractivity contribution in [2.45, 2.75) is 44.6 Å². The van der Waals surface area contributed by atoms with Crippen molar-refractivity contribution in [1.82, 2.24) is 4.90 Å². The Bertz CT molecular complexity index is 362. The molecular formula is C17H30N2O3. The van der Waals surface area contributed by atoms with Gasteiger partial charge in [-0.05, 0) is 44.6 Å². The van der Waals surface area contributed by atoms with E-state index in [1.54, 1.807) is 6.08 Å². The molecule has 0 spiro atoms. The fourth-order valence-electron chi connectivity index (χ4n) is 3.79. The minimum absolute atomic E-state index is 0.00337. The third kappa shape index (κ3) is 5.61. The highest BCUT2D eigenvalue weighted by Gasteiger charge is 2.31. The average Bonchev–Trinajstić information content (AvgIpc) is 2.49. The second-order valence-electron chi connectivity index (χ2n) is 6.61. The second kappa shape index (κ2) is 9.16. The first kappa shape index (κ1) is 17.3. The van der Waals surface area contributed by atoms with E-state index >= 15 is 0 Å². The van der Waals surface area contributed by atoms with Gasteiger partial charge in [0.05, 0.1) is 13.2 Å². The Morgan fingerprint density at radius 3 is 2.86 bits per heavy atom. The van der Waals surface area contributed by atoms with Crippen molar-refractivity contribution < 1.29 is 14.3 Å². The van der Waals surface area contributed by atoms with Crippen molar-refractivity contribution in [2.24, 2.45) is 17.6 Å². The highest BCUT2D eigenvalue weighted by atomic mass is 16.6. The van der Waals surface area contributed by atoms with E-state index in [1.165, 1.54) is 19.3 Å². The number of primary amides is 1. The first-order valence-corrected chi connectivity index (χ1v) is 8.56. The van der Waals surface area contributed by atoms with Crippen LogP contribution in [0.3, 0.4) is 0 Å². The lowest BCUT2D eigenvalue weighted by Crippen LogP contribution is -2.44. The number of hydrogen-bond acceptors (Lipinski definition) is 4. The number of piperidine rings is 1. The van der Waals surface area contributed by atoms with E-state index in [4.69, 9.17) is 15.2 Å². The van der Waals surface area contributed by atoms with Crippen LogP contribution >= 0.6 is 0 Å². The molecule has 2 rings (SSSR count). The summed E-state index contributed by atoms with van der Waals surface area (Å²) in [6, 6.07) is 0. The molecule has 5 heteroatoms. The number of nitrogens with zero attached hydrogens (tertiary/aromatic N) is 1. The number of nitrogens with two attached hydrogens (primary N) is 1. The molecule has 1 aliphatic heterocycles. The zero-order valence-corrected chi connectivity index (χ0v) is 13.5. The molecule has 5 nitrogen and oxygen atoms in total. The van der Waals surface area contributed by atoms with Crippen LogP contribution < -0.4 is 5.73 Å². The SMILES string of the molecule is C=CCOC[C@@H]1CCCN(C[C@H]2CCCC[C@@H]2OC(N)=O)C1. The number of likely N-dealkylation sites (tertiary alicyclic amines) is 1. The molecule has 0 radical (unpaired) electrons. The largest absolute Gasteiger partial charge is 0.446 e. The zero-order valence-electron chi connectivity index (χ0n) is 13.5. The Morgan fingerprint density at radius 2 is 2.09 bits per heavy atom. The van der Waals surface area contributed by atoms with Gasteiger partial charge in [0.1, 0.15) is 6.10 Å². The molecule has 126 valence electrons. The fourth-order valence-corrected chi connectivity index (χ4v) is 3.79. The van der Waals surface area contributed by atoms with Crippen LogP contribution in [0.1, 0.15) is 38.5 Å². The summed E-state index contributed by atoms with van der Waals surface area (Å²) in [7, 11) is 0. The monoisotopic (exact) mass is 310 g/mol. The quantitative estimate of drug-likeness (QED) is 0.580. The summed E-state index contributed by atoms with van der Waals surface area (Å²) in [6.45, 7) is 8.35. The molecule has 0 unspecified atom stereocenters. The predicted octanol–water partition coefficient (Wildman–Crippen LogP) is 2.56. The number of amides is 1. The molecular weight excluding hydrogens is 280 g/mol. The molecule has 1 amide bonds. The van der Waals surface area contributed by atoms with E-state index < -0.39 is 6.09 Å². The van der Waals surface area contributed by atoms with E-state index in [2.05, 4.69) is 11.5 Å². The molecule has 0 aromatic heterocycles. The topological polar surface area (TPSA) is 64.8 Å². The molecule has 22 heavy (non-hydrogen) atoms. The van der Waals surface area contributed by atoms with Crippen LogP contribution in [0.5, 0.6) is 0 Å². The maximum absolute atomic E-state index is 11.1. The molecule has 2 N–H and O–H groups in total. The summed E-state index contributed by atoms with van der Waals surface area (Å²) in [5.74, 6) is 1.03. The third-order valence-electron chi connectivity index (χ3n) is 4.79. The highest BCUT2D eigenvalue weighted by molar-refractivity contribution is 5.64. The van der Waals surface area contributed by atoms with E-state index in [-0.39, 0.29) is 6.10 Å². The van der Waals surface area contributed by atoms with Crippen molar-refractivity contribution in [3.63, 3.8) is 0 Å². The Kier molecular flexibility index (Phi) is 7.19. The Morgan fingerprint density at radius 1 is 1.27 bits per heavy atom. The van der Waals surface area contributed by atoms with Gasteiger partial charge in [-0.3, -0.25) is 0 Å². The van der Waals surface area contributed by atoms with E-state index in [0.717, 1.165) is 45.5 Å². The number of ether oxygens (including phenoxy) is 2. The average molecular weight is 310 g/mol. The molecule has 0 aromatic carbocycles. The van der Waals surface area contributed by atoms with Crippen LogP contribution in [0.25, 0.3) is 0 Å². The first-order chi connectivity index (χ1) is 10.7. The van der Waals surface area contributed by atoms with Gasteiger partial charge in [-0.25, -0.2) is 4.79 Å². The molecule has 1 heterocycles. The van der Waals surface area contributed by atoms with Crippen LogP contribution in [0.4, 0.5) is 4.79 Å². The van der Waals surface area contributed by atoms with Crippen molar-refractivity contribution >= 4 is 6.09 Å². The Labute approximate surface area is 133 Å². The van der Waals surface area contributed by atoms with Crippen molar-refractivity contribution in [2.75, 3.05) is 32.8 Å². The molecule has 1 saturated carbocycles. The van der Waals surface area contributed by atoms with Gasteiger partial charge < -0.3 is 20.1 Å². The molecule has 1 aliphatic carbocycles. The van der Waals surface area contributed by atoms with Crippen LogP contribution in [0.15, 0.2) is 12.7 Å². The number of carbonyl (C=O) groups is 1.